The summed E-state index contributed by atoms with van der Waals surface area (Å²) in [6, 6.07) is 11.3. The lowest BCUT2D eigenvalue weighted by atomic mass is 10.0. The van der Waals surface area contributed by atoms with Crippen molar-refractivity contribution in [2.75, 3.05) is 4.90 Å². The monoisotopic (exact) mass is 427 g/mol. The second-order valence-corrected chi connectivity index (χ2v) is 8.39. The van der Waals surface area contributed by atoms with Crippen LogP contribution in [0.25, 0.3) is 6.08 Å². The van der Waals surface area contributed by atoms with Crippen LogP contribution in [0.15, 0.2) is 47.4 Å². The largest absolute Gasteiger partial charge is 0.478 e. The highest BCUT2D eigenvalue weighted by atomic mass is 32.2. The molecule has 2 aromatic carbocycles. The van der Waals surface area contributed by atoms with Gasteiger partial charge in [0.2, 0.25) is 0 Å². The molecule has 0 radical (unpaired) electrons. The highest BCUT2D eigenvalue weighted by molar-refractivity contribution is 8.27. The predicted molar refractivity (Wildman–Crippen MR) is 117 cm³/mol. The number of hydrogen-bond donors (Lipinski definition) is 2. The van der Waals surface area contributed by atoms with Crippen LogP contribution in [0.4, 0.5) is 5.69 Å². The molecule has 1 amide bonds. The number of benzene rings is 2. The third kappa shape index (κ3) is 4.38. The molecule has 1 fully saturated rings. The molecule has 1 saturated heterocycles. The van der Waals surface area contributed by atoms with E-state index in [2.05, 4.69) is 13.8 Å². The maximum Gasteiger partial charge on any atom is 0.335 e. The van der Waals surface area contributed by atoms with Gasteiger partial charge in [-0.3, -0.25) is 9.69 Å². The van der Waals surface area contributed by atoms with E-state index in [0.29, 0.717) is 10.8 Å². The predicted octanol–water partition coefficient (Wildman–Crippen LogP) is 4.61. The fourth-order valence-corrected chi connectivity index (χ4v) is 4.11. The molecule has 1 aliphatic heterocycles. The van der Waals surface area contributed by atoms with Crippen LogP contribution in [0.2, 0.25) is 0 Å². The van der Waals surface area contributed by atoms with Gasteiger partial charge in [-0.1, -0.05) is 62.1 Å². The van der Waals surface area contributed by atoms with Gasteiger partial charge in [0.1, 0.15) is 0 Å². The number of anilines is 1. The minimum Gasteiger partial charge on any atom is -0.478 e. The van der Waals surface area contributed by atoms with Gasteiger partial charge in [-0.15, -0.1) is 0 Å². The van der Waals surface area contributed by atoms with E-state index in [1.807, 2.05) is 24.3 Å². The highest BCUT2D eigenvalue weighted by Gasteiger charge is 2.34. The first-order valence-electron chi connectivity index (χ1n) is 8.67. The molecule has 1 heterocycles. The van der Waals surface area contributed by atoms with Crippen LogP contribution in [0.1, 0.15) is 51.6 Å². The van der Waals surface area contributed by atoms with Crippen molar-refractivity contribution in [2.45, 2.75) is 19.8 Å². The molecule has 8 heteroatoms. The van der Waals surface area contributed by atoms with Crippen molar-refractivity contribution < 1.29 is 24.6 Å². The number of carboxylic acids is 2. The quantitative estimate of drug-likeness (QED) is 0.531. The van der Waals surface area contributed by atoms with Crippen LogP contribution in [-0.4, -0.2) is 32.4 Å². The Labute approximate surface area is 176 Å². The summed E-state index contributed by atoms with van der Waals surface area (Å²) in [4.78, 5) is 37.1. The Morgan fingerprint density at radius 2 is 1.59 bits per heavy atom. The van der Waals surface area contributed by atoms with Gasteiger partial charge in [0, 0.05) is 0 Å². The van der Waals surface area contributed by atoms with Crippen molar-refractivity contribution in [1.82, 2.24) is 0 Å². The molecule has 29 heavy (non-hydrogen) atoms. The van der Waals surface area contributed by atoms with Crippen molar-refractivity contribution in [2.24, 2.45) is 0 Å². The number of thiocarbonyl (C=S) groups is 1. The topological polar surface area (TPSA) is 94.9 Å². The minimum absolute atomic E-state index is 0.114. The molecule has 1 aliphatic rings. The number of amides is 1. The summed E-state index contributed by atoms with van der Waals surface area (Å²) >= 11 is 6.38. The third-order valence-electron chi connectivity index (χ3n) is 4.36. The van der Waals surface area contributed by atoms with Crippen molar-refractivity contribution in [3.63, 3.8) is 0 Å². The van der Waals surface area contributed by atoms with Crippen LogP contribution < -0.4 is 4.90 Å². The number of hydrogen-bond acceptors (Lipinski definition) is 5. The van der Waals surface area contributed by atoms with Crippen molar-refractivity contribution in [1.29, 1.82) is 0 Å². The van der Waals surface area contributed by atoms with Gasteiger partial charge in [0.15, 0.2) is 4.32 Å². The molecule has 0 aromatic heterocycles. The second-order valence-electron chi connectivity index (χ2n) is 6.72. The van der Waals surface area contributed by atoms with Gasteiger partial charge in [0.05, 0.1) is 21.7 Å². The summed E-state index contributed by atoms with van der Waals surface area (Å²) in [6.45, 7) is 4.19. The van der Waals surface area contributed by atoms with Gasteiger partial charge < -0.3 is 10.2 Å². The molecule has 0 saturated carbocycles. The Bertz CT molecular complexity index is 1020. The maximum absolute atomic E-state index is 12.9. The number of rotatable bonds is 5. The van der Waals surface area contributed by atoms with Gasteiger partial charge in [-0.05, 0) is 41.3 Å². The number of carboxylic acid groups (broad SMARTS) is 2. The van der Waals surface area contributed by atoms with Gasteiger partial charge >= 0.3 is 11.9 Å². The number of carbonyl (C=O) groups is 3. The van der Waals surface area contributed by atoms with Gasteiger partial charge in [0.25, 0.3) is 5.91 Å². The minimum atomic E-state index is -1.29. The standard InChI is InChI=1S/C21H17NO5S2/c1-11(2)13-5-3-12(4-6-13)7-17-18(23)22(21(28)29-17)16-9-14(19(24)25)8-15(10-16)20(26)27/h3-11H,1-2H3,(H,24,25)(H,26,27)/b17-7+. The Morgan fingerprint density at radius 1 is 1.03 bits per heavy atom. The fourth-order valence-electron chi connectivity index (χ4n) is 2.81. The first-order chi connectivity index (χ1) is 13.7. The molecule has 148 valence electrons. The van der Waals surface area contributed by atoms with Crippen LogP contribution in [0.5, 0.6) is 0 Å². The summed E-state index contributed by atoms with van der Waals surface area (Å²) in [7, 11) is 0. The molecular formula is C21H17NO5S2. The zero-order valence-corrected chi connectivity index (χ0v) is 17.2. The summed E-state index contributed by atoms with van der Waals surface area (Å²) < 4.78 is 0.207. The van der Waals surface area contributed by atoms with Crippen LogP contribution in [0, 0.1) is 0 Å². The summed E-state index contributed by atoms with van der Waals surface area (Å²) in [5.41, 5.74) is 1.66. The summed E-state index contributed by atoms with van der Waals surface area (Å²) in [5, 5.41) is 18.5. The number of carbonyl (C=O) groups excluding carboxylic acids is 1. The summed E-state index contributed by atoms with van der Waals surface area (Å²) in [6.07, 6.45) is 1.71. The fraction of sp³-hybridized carbons (Fsp3) is 0.143. The first kappa shape index (κ1) is 20.8. The van der Waals surface area contributed by atoms with Crippen LogP contribution in [-0.2, 0) is 4.79 Å². The molecule has 3 rings (SSSR count). The molecule has 0 bridgehead atoms. The molecule has 0 atom stereocenters. The van der Waals surface area contributed by atoms with E-state index in [1.165, 1.54) is 17.7 Å². The van der Waals surface area contributed by atoms with Crippen LogP contribution >= 0.6 is 24.0 Å². The zero-order valence-electron chi connectivity index (χ0n) is 15.6. The normalized spacial score (nSPS) is 15.4. The molecule has 2 aromatic rings. The first-order valence-corrected chi connectivity index (χ1v) is 9.89. The number of nitrogens with zero attached hydrogens (tertiary/aromatic N) is 1. The van der Waals surface area contributed by atoms with Crippen molar-refractivity contribution in [3.8, 4) is 0 Å². The van der Waals surface area contributed by atoms with Gasteiger partial charge in [-0.25, -0.2) is 9.59 Å². The molecule has 0 aliphatic carbocycles. The Morgan fingerprint density at radius 3 is 2.07 bits per heavy atom. The average molecular weight is 428 g/mol. The average Bonchev–Trinajstić information content (AvgIpc) is 2.94. The molecule has 0 unspecified atom stereocenters. The zero-order chi connectivity index (χ0) is 21.3. The van der Waals surface area contributed by atoms with Crippen molar-refractivity contribution >= 4 is 57.9 Å². The Balaban J connectivity index is 1.97. The lowest BCUT2D eigenvalue weighted by Crippen LogP contribution is -2.28. The SMILES string of the molecule is CC(C)c1ccc(/C=C2/SC(=S)N(c3cc(C(=O)O)cc(C(=O)O)c3)C2=O)cc1. The van der Waals surface area contributed by atoms with E-state index >= 15 is 0 Å². The lowest BCUT2D eigenvalue weighted by molar-refractivity contribution is -0.113. The van der Waals surface area contributed by atoms with E-state index in [-0.39, 0.29) is 21.1 Å². The molecular weight excluding hydrogens is 410 g/mol. The van der Waals surface area contributed by atoms with Crippen LogP contribution in [0.3, 0.4) is 0 Å². The lowest BCUT2D eigenvalue weighted by Gasteiger charge is -2.16. The summed E-state index contributed by atoms with van der Waals surface area (Å²) in [5.74, 6) is -2.61. The number of aromatic carboxylic acids is 2. The smallest absolute Gasteiger partial charge is 0.335 e. The molecule has 0 spiro atoms. The number of thioether (sulfide) groups is 1. The second kappa shape index (κ2) is 8.18. The van der Waals surface area contributed by atoms with E-state index < -0.39 is 17.8 Å². The maximum atomic E-state index is 12.9. The third-order valence-corrected chi connectivity index (χ3v) is 5.67. The van der Waals surface area contributed by atoms with Crippen molar-refractivity contribution in [3.05, 3.63) is 69.6 Å². The molecule has 2 N–H and O–H groups in total. The Hall–Kier alpha value is -2.97. The highest BCUT2D eigenvalue weighted by Crippen LogP contribution is 2.37. The van der Waals surface area contributed by atoms with Gasteiger partial charge in [-0.2, -0.15) is 0 Å². The van der Waals surface area contributed by atoms with E-state index in [1.54, 1.807) is 6.08 Å². The Kier molecular flexibility index (Phi) is 5.86. The van der Waals surface area contributed by atoms with E-state index in [9.17, 15) is 24.6 Å². The van der Waals surface area contributed by atoms with E-state index in [4.69, 9.17) is 12.2 Å². The van der Waals surface area contributed by atoms with E-state index in [0.717, 1.165) is 28.3 Å². The molecule has 6 nitrogen and oxygen atoms in total.